The Morgan fingerprint density at radius 1 is 1.27 bits per heavy atom. The molecule has 0 saturated carbocycles. The van der Waals surface area contributed by atoms with E-state index in [0.717, 1.165) is 66.8 Å². The molecule has 1 saturated heterocycles. The molecule has 8 nitrogen and oxygen atoms in total. The lowest BCUT2D eigenvalue weighted by atomic mass is 10.1. The molecule has 0 aromatic carbocycles. The predicted octanol–water partition coefficient (Wildman–Crippen LogP) is 3.98. The fourth-order valence-corrected chi connectivity index (χ4v) is 5.48. The van der Waals surface area contributed by atoms with Crippen LogP contribution in [0.4, 0.5) is 5.82 Å². The summed E-state index contributed by atoms with van der Waals surface area (Å²) >= 11 is 0. The molecule has 1 unspecified atom stereocenters. The summed E-state index contributed by atoms with van der Waals surface area (Å²) in [5.74, 6) is 0.786. The molecule has 178 valence electrons. The maximum atomic E-state index is 11.9. The van der Waals surface area contributed by atoms with Crippen LogP contribution in [-0.2, 0) is 22.5 Å². The molecule has 10 heteroatoms. The number of hydrogen-bond donors (Lipinski definition) is 1. The van der Waals surface area contributed by atoms with Gasteiger partial charge in [0.05, 0.1) is 22.9 Å². The van der Waals surface area contributed by atoms with E-state index in [2.05, 4.69) is 29.9 Å². The molecule has 1 N–H and O–H groups in total. The van der Waals surface area contributed by atoms with Crippen LogP contribution in [-0.4, -0.2) is 68.1 Å². The lowest BCUT2D eigenvalue weighted by Gasteiger charge is -2.31. The van der Waals surface area contributed by atoms with Crippen molar-refractivity contribution in [2.75, 3.05) is 31.3 Å². The summed E-state index contributed by atoms with van der Waals surface area (Å²) in [4.78, 5) is 14.1. The third-order valence-corrected chi connectivity index (χ3v) is 8.63. The van der Waals surface area contributed by atoms with E-state index in [1.807, 2.05) is 33.3 Å². The first-order valence-corrected chi connectivity index (χ1v) is 16.7. The summed E-state index contributed by atoms with van der Waals surface area (Å²) in [6, 6.07) is 7.25. The van der Waals surface area contributed by atoms with Gasteiger partial charge < -0.3 is 14.6 Å². The van der Waals surface area contributed by atoms with E-state index < -0.39 is 19.1 Å². The smallest absolute Gasteiger partial charge is 0.160 e. The minimum absolute atomic E-state index is 0.197. The topological polar surface area (TPSA) is 85.2 Å². The second-order valence-corrected chi connectivity index (χ2v) is 16.8. The van der Waals surface area contributed by atoms with Gasteiger partial charge in [0, 0.05) is 58.0 Å². The molecule has 0 radical (unpaired) electrons. The first-order valence-electron chi connectivity index (χ1n) is 11.5. The standard InChI is InChI=1S/C23H34N6O2SSi/c1-32(30)29-11-6-7-18(16-29)26-22-19(8-5-10-24-22)21-15-25-23-20(27-21)9-12-28(23)17-31-13-14-33(2,3)4/h5,8-10,12,15,18H,6-7,11,13-14,16-17H2,1-4H3,(H,24,26)/t18-,32?/m0/s1. The highest BCUT2D eigenvalue weighted by Gasteiger charge is 2.23. The number of pyridine rings is 1. The van der Waals surface area contributed by atoms with Crippen molar-refractivity contribution in [1.29, 1.82) is 0 Å². The number of ether oxygens (including phenoxy) is 1. The van der Waals surface area contributed by atoms with E-state index in [4.69, 9.17) is 14.7 Å². The molecule has 3 aromatic rings. The van der Waals surface area contributed by atoms with Crippen molar-refractivity contribution in [2.24, 2.45) is 0 Å². The highest BCUT2D eigenvalue weighted by atomic mass is 32.2. The Balaban J connectivity index is 1.49. The number of piperidine rings is 1. The monoisotopic (exact) mass is 486 g/mol. The maximum absolute atomic E-state index is 11.9. The van der Waals surface area contributed by atoms with Gasteiger partial charge in [0.2, 0.25) is 0 Å². The molecule has 0 aliphatic carbocycles. The van der Waals surface area contributed by atoms with Crippen LogP contribution in [0.25, 0.3) is 22.4 Å². The van der Waals surface area contributed by atoms with E-state index in [9.17, 15) is 4.21 Å². The second kappa shape index (κ2) is 10.4. The number of nitrogens with zero attached hydrogens (tertiary/aromatic N) is 5. The molecule has 0 bridgehead atoms. The Bertz CT molecular complexity index is 1120. The number of hydrogen-bond acceptors (Lipinski definition) is 6. The van der Waals surface area contributed by atoms with E-state index in [1.54, 1.807) is 18.6 Å². The van der Waals surface area contributed by atoms with Crippen LogP contribution in [0.15, 0.2) is 36.8 Å². The molecular weight excluding hydrogens is 452 g/mol. The number of aromatic nitrogens is 4. The van der Waals surface area contributed by atoms with Gasteiger partial charge >= 0.3 is 0 Å². The van der Waals surface area contributed by atoms with Crippen LogP contribution in [0.3, 0.4) is 0 Å². The largest absolute Gasteiger partial charge is 0.365 e. The molecule has 1 fully saturated rings. The number of fused-ring (bicyclic) bond motifs is 1. The highest BCUT2D eigenvalue weighted by Crippen LogP contribution is 2.27. The Hall–Kier alpha value is -2.14. The van der Waals surface area contributed by atoms with Gasteiger partial charge in [-0.1, -0.05) is 19.6 Å². The van der Waals surface area contributed by atoms with Crippen molar-refractivity contribution in [2.45, 2.75) is 51.3 Å². The average Bonchev–Trinajstić information content (AvgIpc) is 3.19. The normalized spacial score (nSPS) is 18.5. The quantitative estimate of drug-likeness (QED) is 0.364. The first kappa shape index (κ1) is 24.0. The fourth-order valence-electron chi connectivity index (χ4n) is 3.95. The summed E-state index contributed by atoms with van der Waals surface area (Å²) in [6.45, 7) is 9.93. The van der Waals surface area contributed by atoms with Crippen LogP contribution >= 0.6 is 0 Å². The highest BCUT2D eigenvalue weighted by molar-refractivity contribution is 7.81. The van der Waals surface area contributed by atoms with Crippen molar-refractivity contribution in [3.05, 3.63) is 36.8 Å². The van der Waals surface area contributed by atoms with Gasteiger partial charge in [-0.15, -0.1) is 0 Å². The molecule has 0 spiro atoms. The molecule has 1 aliphatic rings. The van der Waals surface area contributed by atoms with Gasteiger partial charge in [-0.3, -0.25) is 0 Å². The van der Waals surface area contributed by atoms with Crippen LogP contribution in [0.2, 0.25) is 25.7 Å². The third-order valence-electron chi connectivity index (χ3n) is 5.86. The van der Waals surface area contributed by atoms with Crippen LogP contribution in [0.5, 0.6) is 0 Å². The van der Waals surface area contributed by atoms with Gasteiger partial charge in [0.15, 0.2) is 5.65 Å². The average molecular weight is 487 g/mol. The van der Waals surface area contributed by atoms with Gasteiger partial charge in [0.1, 0.15) is 18.1 Å². The molecule has 3 aromatic heterocycles. The predicted molar refractivity (Wildman–Crippen MR) is 137 cm³/mol. The summed E-state index contributed by atoms with van der Waals surface area (Å²) in [7, 11) is -2.05. The fraction of sp³-hybridized carbons (Fsp3) is 0.522. The van der Waals surface area contributed by atoms with Crippen molar-refractivity contribution in [3.63, 3.8) is 0 Å². The maximum Gasteiger partial charge on any atom is 0.160 e. The van der Waals surface area contributed by atoms with Gasteiger partial charge in [0.25, 0.3) is 0 Å². The third kappa shape index (κ3) is 6.26. The number of anilines is 1. The zero-order chi connectivity index (χ0) is 23.4. The van der Waals surface area contributed by atoms with E-state index >= 15 is 0 Å². The molecule has 1 aliphatic heterocycles. The lowest BCUT2D eigenvalue weighted by Crippen LogP contribution is -2.42. The minimum atomic E-state index is -1.10. The van der Waals surface area contributed by atoms with Gasteiger partial charge in [-0.05, 0) is 37.1 Å². The molecule has 33 heavy (non-hydrogen) atoms. The van der Waals surface area contributed by atoms with Crippen molar-refractivity contribution < 1.29 is 8.95 Å². The second-order valence-electron chi connectivity index (χ2n) is 9.79. The van der Waals surface area contributed by atoms with Crippen molar-refractivity contribution >= 4 is 36.0 Å². The van der Waals surface area contributed by atoms with E-state index in [-0.39, 0.29) is 6.04 Å². The Morgan fingerprint density at radius 3 is 2.91 bits per heavy atom. The van der Waals surface area contributed by atoms with Gasteiger partial charge in [-0.2, -0.15) is 0 Å². The van der Waals surface area contributed by atoms with Crippen molar-refractivity contribution in [1.82, 2.24) is 23.8 Å². The molecule has 4 rings (SSSR count). The SMILES string of the molecule is CS(=O)N1CCC[C@H](Nc2ncccc2-c2cnc3c(ccn3COCC[Si](C)(C)C)n2)C1. The Morgan fingerprint density at radius 2 is 2.12 bits per heavy atom. The van der Waals surface area contributed by atoms with E-state index in [1.165, 1.54) is 0 Å². The van der Waals surface area contributed by atoms with Crippen LogP contribution < -0.4 is 5.32 Å². The van der Waals surface area contributed by atoms with Crippen molar-refractivity contribution in [3.8, 4) is 11.3 Å². The van der Waals surface area contributed by atoms with Gasteiger partial charge in [-0.25, -0.2) is 23.5 Å². The molecule has 2 atom stereocenters. The summed E-state index contributed by atoms with van der Waals surface area (Å²) < 4.78 is 21.8. The number of nitrogens with one attached hydrogen (secondary N) is 1. The van der Waals surface area contributed by atoms with E-state index in [0.29, 0.717) is 6.73 Å². The first-order chi connectivity index (χ1) is 15.8. The Labute approximate surface area is 199 Å². The molecule has 4 heterocycles. The summed E-state index contributed by atoms with van der Waals surface area (Å²) in [6.07, 6.45) is 9.34. The Kier molecular flexibility index (Phi) is 7.57. The zero-order valence-electron chi connectivity index (χ0n) is 20.0. The van der Waals surface area contributed by atoms with Crippen LogP contribution in [0.1, 0.15) is 12.8 Å². The van der Waals surface area contributed by atoms with Crippen LogP contribution in [0, 0.1) is 0 Å². The summed E-state index contributed by atoms with van der Waals surface area (Å²) in [5, 5.41) is 3.56. The molecular formula is C23H34N6O2SSi. The lowest BCUT2D eigenvalue weighted by molar-refractivity contribution is 0.0899. The minimum Gasteiger partial charge on any atom is -0.365 e. The molecule has 0 amide bonds. The number of rotatable bonds is 9. The summed E-state index contributed by atoms with van der Waals surface area (Å²) in [5.41, 5.74) is 3.35. The zero-order valence-corrected chi connectivity index (χ0v) is 21.8.